The average molecular weight is 329 g/mol. The second-order valence-corrected chi connectivity index (χ2v) is 4.81. The van der Waals surface area contributed by atoms with Gasteiger partial charge in [-0.25, -0.2) is 0 Å². The van der Waals surface area contributed by atoms with Crippen molar-refractivity contribution in [2.45, 2.75) is 0 Å². The molecule has 7 nitrogen and oxygen atoms in total. The molecular weight excluding hydrogens is 324 g/mol. The number of hydrogen-bond donors (Lipinski definition) is 1. The van der Waals surface area contributed by atoms with Gasteiger partial charge < -0.3 is 0 Å². The van der Waals surface area contributed by atoms with E-state index in [1.165, 1.54) is 23.7 Å². The Kier molecular flexibility index (Phi) is 3.63. The predicted octanol–water partition coefficient (Wildman–Crippen LogP) is 2.46. The number of nitro benzene ring substituents is 1. The van der Waals surface area contributed by atoms with Crippen LogP contribution in [0.5, 0.6) is 0 Å². The topological polar surface area (TPSA) is 98.0 Å². The van der Waals surface area contributed by atoms with E-state index in [0.29, 0.717) is 9.60 Å². The molecule has 0 aliphatic carbocycles. The van der Waals surface area contributed by atoms with Gasteiger partial charge >= 0.3 is 0 Å². The number of aromatic nitrogens is 2. The van der Waals surface area contributed by atoms with Gasteiger partial charge in [-0.2, -0.15) is 0 Å². The normalized spacial score (nSPS) is 10.1. The van der Waals surface area contributed by atoms with E-state index in [0.717, 1.165) is 11.3 Å². The molecule has 0 spiro atoms. The number of nitrogens with one attached hydrogen (secondary N) is 1. The van der Waals surface area contributed by atoms with E-state index in [1.54, 1.807) is 0 Å². The smallest absolute Gasteiger partial charge is 0.284 e. The largest absolute Gasteiger partial charge is 0.296 e. The Hall–Kier alpha value is -1.87. The van der Waals surface area contributed by atoms with Crippen LogP contribution in [0.1, 0.15) is 10.4 Å². The van der Waals surface area contributed by atoms with Gasteiger partial charge in [-0.1, -0.05) is 11.3 Å². The van der Waals surface area contributed by atoms with Gasteiger partial charge in [-0.05, 0) is 28.1 Å². The summed E-state index contributed by atoms with van der Waals surface area (Å²) in [6.45, 7) is 0. The number of rotatable bonds is 3. The van der Waals surface area contributed by atoms with E-state index in [2.05, 4.69) is 31.4 Å². The Bertz CT molecular complexity index is 602. The fourth-order valence-electron chi connectivity index (χ4n) is 1.19. The number of amides is 1. The first-order valence-corrected chi connectivity index (χ1v) is 6.26. The van der Waals surface area contributed by atoms with E-state index < -0.39 is 10.8 Å². The third kappa shape index (κ3) is 2.68. The van der Waals surface area contributed by atoms with E-state index in [-0.39, 0.29) is 11.3 Å². The zero-order valence-corrected chi connectivity index (χ0v) is 11.1. The van der Waals surface area contributed by atoms with Crippen LogP contribution >= 0.6 is 27.3 Å². The standard InChI is InChI=1S/C9H5BrN4O3S/c10-6-2-1-5(3-7(6)14(16)17)8(15)12-9-13-11-4-18-9/h1-4H,(H,12,13,15). The predicted molar refractivity (Wildman–Crippen MR) is 68.7 cm³/mol. The highest BCUT2D eigenvalue weighted by Gasteiger charge is 2.16. The highest BCUT2D eigenvalue weighted by atomic mass is 79.9. The van der Waals surface area contributed by atoms with E-state index in [4.69, 9.17) is 0 Å². The first-order valence-electron chi connectivity index (χ1n) is 4.59. The fourth-order valence-corrected chi connectivity index (χ4v) is 2.02. The van der Waals surface area contributed by atoms with Gasteiger partial charge in [0.05, 0.1) is 9.40 Å². The van der Waals surface area contributed by atoms with E-state index >= 15 is 0 Å². The second-order valence-electron chi connectivity index (χ2n) is 3.12. The first kappa shape index (κ1) is 12.6. The summed E-state index contributed by atoms with van der Waals surface area (Å²) in [6, 6.07) is 4.13. The monoisotopic (exact) mass is 328 g/mol. The number of carbonyl (C=O) groups excluding carboxylic acids is 1. The van der Waals surface area contributed by atoms with Crippen LogP contribution in [0.2, 0.25) is 0 Å². The molecule has 2 rings (SSSR count). The molecule has 1 N–H and O–H groups in total. The summed E-state index contributed by atoms with van der Waals surface area (Å²) in [4.78, 5) is 22.0. The average Bonchev–Trinajstić information content (AvgIpc) is 2.81. The molecule has 0 radical (unpaired) electrons. The minimum Gasteiger partial charge on any atom is -0.296 e. The lowest BCUT2D eigenvalue weighted by Gasteiger charge is -2.02. The SMILES string of the molecule is O=C(Nc1nncs1)c1ccc(Br)c([N+](=O)[O-])c1. The lowest BCUT2D eigenvalue weighted by molar-refractivity contribution is -0.385. The molecule has 1 aromatic heterocycles. The highest BCUT2D eigenvalue weighted by Crippen LogP contribution is 2.26. The molecule has 1 aromatic carbocycles. The molecule has 0 saturated carbocycles. The number of nitro groups is 1. The van der Waals surface area contributed by atoms with Crippen molar-refractivity contribution >= 4 is 44.0 Å². The van der Waals surface area contributed by atoms with Gasteiger partial charge in [0.15, 0.2) is 0 Å². The van der Waals surface area contributed by atoms with Crippen LogP contribution in [0.3, 0.4) is 0 Å². The van der Waals surface area contributed by atoms with Crippen molar-refractivity contribution in [1.29, 1.82) is 0 Å². The number of hydrogen-bond acceptors (Lipinski definition) is 6. The summed E-state index contributed by atoms with van der Waals surface area (Å²) in [5, 5.41) is 20.8. The summed E-state index contributed by atoms with van der Waals surface area (Å²) < 4.78 is 0.319. The number of nitrogens with zero attached hydrogens (tertiary/aromatic N) is 3. The molecule has 92 valence electrons. The van der Waals surface area contributed by atoms with Gasteiger partial charge in [0.2, 0.25) is 5.13 Å². The molecule has 0 aliphatic heterocycles. The van der Waals surface area contributed by atoms with Crippen molar-refractivity contribution in [1.82, 2.24) is 10.2 Å². The van der Waals surface area contributed by atoms with Gasteiger partial charge in [0.25, 0.3) is 11.6 Å². The van der Waals surface area contributed by atoms with Crippen molar-refractivity contribution in [3.05, 3.63) is 43.9 Å². The van der Waals surface area contributed by atoms with Crippen molar-refractivity contribution in [2.75, 3.05) is 5.32 Å². The number of benzene rings is 1. The molecule has 0 unspecified atom stereocenters. The van der Waals surface area contributed by atoms with E-state index in [9.17, 15) is 14.9 Å². The van der Waals surface area contributed by atoms with Crippen LogP contribution in [-0.2, 0) is 0 Å². The zero-order chi connectivity index (χ0) is 13.1. The quantitative estimate of drug-likeness (QED) is 0.689. The van der Waals surface area contributed by atoms with Gasteiger partial charge in [0.1, 0.15) is 5.51 Å². The van der Waals surface area contributed by atoms with Crippen LogP contribution in [0, 0.1) is 10.1 Å². The Balaban J connectivity index is 2.26. The summed E-state index contributed by atoms with van der Waals surface area (Å²) >= 11 is 4.21. The molecule has 0 aliphatic rings. The van der Waals surface area contributed by atoms with Crippen LogP contribution in [0.4, 0.5) is 10.8 Å². The highest BCUT2D eigenvalue weighted by molar-refractivity contribution is 9.10. The third-order valence-electron chi connectivity index (χ3n) is 1.99. The van der Waals surface area contributed by atoms with Gasteiger partial charge in [-0.3, -0.25) is 20.2 Å². The number of anilines is 1. The van der Waals surface area contributed by atoms with Crippen molar-refractivity contribution in [2.24, 2.45) is 0 Å². The Morgan fingerprint density at radius 1 is 1.50 bits per heavy atom. The maximum absolute atomic E-state index is 11.8. The van der Waals surface area contributed by atoms with Crippen LogP contribution in [0.15, 0.2) is 28.2 Å². The van der Waals surface area contributed by atoms with Crippen molar-refractivity contribution in [3.63, 3.8) is 0 Å². The molecule has 2 aromatic rings. The zero-order valence-electron chi connectivity index (χ0n) is 8.66. The molecule has 18 heavy (non-hydrogen) atoms. The third-order valence-corrected chi connectivity index (χ3v) is 3.26. The summed E-state index contributed by atoms with van der Waals surface area (Å²) in [7, 11) is 0. The van der Waals surface area contributed by atoms with Crippen molar-refractivity contribution < 1.29 is 9.72 Å². The summed E-state index contributed by atoms with van der Waals surface area (Å²) in [5.74, 6) is -0.470. The minimum absolute atomic E-state index is 0.167. The molecule has 0 fully saturated rings. The van der Waals surface area contributed by atoms with Crippen LogP contribution < -0.4 is 5.32 Å². The molecule has 1 amide bonds. The molecule has 1 heterocycles. The Labute approximate surface area is 113 Å². The number of halogens is 1. The van der Waals surface area contributed by atoms with Gasteiger partial charge in [-0.15, -0.1) is 10.2 Å². The minimum atomic E-state index is -0.564. The van der Waals surface area contributed by atoms with E-state index in [1.807, 2.05) is 0 Å². The Morgan fingerprint density at radius 3 is 2.89 bits per heavy atom. The lowest BCUT2D eigenvalue weighted by atomic mass is 10.2. The molecule has 0 bridgehead atoms. The first-order chi connectivity index (χ1) is 8.58. The van der Waals surface area contributed by atoms with Crippen LogP contribution in [0.25, 0.3) is 0 Å². The maximum Gasteiger partial charge on any atom is 0.284 e. The molecule has 9 heteroatoms. The molecular formula is C9H5BrN4O3S. The maximum atomic E-state index is 11.8. The Morgan fingerprint density at radius 2 is 2.28 bits per heavy atom. The second kappa shape index (κ2) is 5.19. The molecule has 0 saturated heterocycles. The lowest BCUT2D eigenvalue weighted by Crippen LogP contribution is -2.12. The van der Waals surface area contributed by atoms with Gasteiger partial charge in [0, 0.05) is 11.6 Å². The summed E-state index contributed by atoms with van der Waals surface area (Å²) in [6.07, 6.45) is 0. The van der Waals surface area contributed by atoms with Crippen molar-refractivity contribution in [3.8, 4) is 0 Å². The molecule has 0 atom stereocenters. The summed E-state index contributed by atoms with van der Waals surface area (Å²) in [5.41, 5.74) is 1.49. The van der Waals surface area contributed by atoms with Crippen LogP contribution in [-0.4, -0.2) is 21.0 Å². The fraction of sp³-hybridized carbons (Fsp3) is 0. The number of carbonyl (C=O) groups is 1.